The summed E-state index contributed by atoms with van der Waals surface area (Å²) in [6.45, 7) is 12.9. The fourth-order valence-electron chi connectivity index (χ4n) is 0.250. The first-order valence-corrected chi connectivity index (χ1v) is 9.68. The Morgan fingerprint density at radius 1 is 1.00 bits per heavy atom. The van der Waals surface area contributed by atoms with Crippen LogP contribution in [-0.4, -0.2) is 19.3 Å². The lowest BCUT2D eigenvalue weighted by atomic mass is 10.0. The Morgan fingerprint density at radius 3 is 1.14 bits per heavy atom. The Bertz CT molecular complexity index is 94.6. The largest absolute Gasteiger partial charge is 0.394 e. The van der Waals surface area contributed by atoms with E-state index in [0.29, 0.717) is 0 Å². The molecule has 0 aromatic rings. The summed E-state index contributed by atoms with van der Waals surface area (Å²) in [5.41, 5.74) is 0. The number of hydrogen-bond donors (Lipinski definition) is 1. The van der Waals surface area contributed by atoms with Gasteiger partial charge in [-0.25, -0.2) is 0 Å². The fraction of sp³-hybridized carbons (Fsp3) is 1.00. The highest BCUT2D eigenvalue weighted by molar-refractivity contribution is 6.75. The van der Waals surface area contributed by atoms with Crippen LogP contribution >= 0.6 is 0 Å². The SMILES string of the molecule is C1CCC1.CC(C)O.CC[Si](C)(C)C. The second-order valence-corrected chi connectivity index (χ2v) is 11.3. The third kappa shape index (κ3) is 29.5. The molecule has 0 unspecified atom stereocenters. The maximum atomic E-state index is 8.06. The van der Waals surface area contributed by atoms with Crippen molar-refractivity contribution in [3.8, 4) is 0 Å². The van der Waals surface area contributed by atoms with Gasteiger partial charge in [0.15, 0.2) is 0 Å². The van der Waals surface area contributed by atoms with Crippen LogP contribution in [0.1, 0.15) is 46.5 Å². The minimum absolute atomic E-state index is 0.167. The summed E-state index contributed by atoms with van der Waals surface area (Å²) in [7, 11) is -0.631. The van der Waals surface area contributed by atoms with E-state index in [0.717, 1.165) is 0 Å². The Morgan fingerprint density at radius 2 is 1.14 bits per heavy atom. The van der Waals surface area contributed by atoms with E-state index in [1.165, 1.54) is 31.7 Å². The maximum absolute atomic E-state index is 8.06. The van der Waals surface area contributed by atoms with Gasteiger partial charge in [-0.2, -0.15) is 0 Å². The summed E-state index contributed by atoms with van der Waals surface area (Å²) >= 11 is 0. The van der Waals surface area contributed by atoms with E-state index in [4.69, 9.17) is 5.11 Å². The van der Waals surface area contributed by atoms with Crippen LogP contribution in [0.4, 0.5) is 0 Å². The van der Waals surface area contributed by atoms with Crippen LogP contribution in [0, 0.1) is 0 Å². The molecule has 2 heteroatoms. The summed E-state index contributed by atoms with van der Waals surface area (Å²) in [6, 6.07) is 1.41. The van der Waals surface area contributed by atoms with Gasteiger partial charge in [-0.15, -0.1) is 0 Å². The van der Waals surface area contributed by atoms with Crippen LogP contribution in [0.25, 0.3) is 0 Å². The lowest BCUT2D eigenvalue weighted by molar-refractivity contribution is 0.216. The van der Waals surface area contributed by atoms with Crippen LogP contribution in [0.2, 0.25) is 25.7 Å². The molecule has 1 nitrogen and oxygen atoms in total. The first-order valence-electron chi connectivity index (χ1n) is 5.97. The lowest BCUT2D eigenvalue weighted by Gasteiger charge is -2.09. The standard InChI is InChI=1S/C5H14Si.C4H8.C3H8O/c1-5-6(2,3)4;1-2-4-3-1;1-3(2)4/h5H2,1-4H3;1-4H2;3-4H,1-2H3. The summed E-state index contributed by atoms with van der Waals surface area (Å²) in [6.07, 6.45) is 5.83. The molecule has 0 saturated heterocycles. The fourth-order valence-corrected chi connectivity index (χ4v) is 0.250. The molecule has 0 heterocycles. The number of aliphatic hydroxyl groups excluding tert-OH is 1. The number of aliphatic hydroxyl groups is 1. The van der Waals surface area contributed by atoms with Crippen molar-refractivity contribution in [2.24, 2.45) is 0 Å². The summed E-state index contributed by atoms with van der Waals surface area (Å²) in [4.78, 5) is 0. The van der Waals surface area contributed by atoms with Gasteiger partial charge in [-0.3, -0.25) is 0 Å². The van der Waals surface area contributed by atoms with E-state index in [1.807, 2.05) is 0 Å². The zero-order valence-corrected chi connectivity index (χ0v) is 12.1. The van der Waals surface area contributed by atoms with Crippen LogP contribution in [-0.2, 0) is 0 Å². The van der Waals surface area contributed by atoms with Gasteiger partial charge in [0.2, 0.25) is 0 Å². The van der Waals surface area contributed by atoms with Gasteiger partial charge in [-0.1, -0.05) is 58.3 Å². The Kier molecular flexibility index (Phi) is 11.5. The molecule has 14 heavy (non-hydrogen) atoms. The van der Waals surface area contributed by atoms with Gasteiger partial charge in [0.05, 0.1) is 0 Å². The monoisotopic (exact) mass is 218 g/mol. The minimum atomic E-state index is -0.631. The highest BCUT2D eigenvalue weighted by Gasteiger charge is 2.06. The summed E-state index contributed by atoms with van der Waals surface area (Å²) in [5, 5.41) is 8.06. The van der Waals surface area contributed by atoms with Gasteiger partial charge >= 0.3 is 0 Å². The molecule has 1 fully saturated rings. The summed E-state index contributed by atoms with van der Waals surface area (Å²) in [5.74, 6) is 0. The predicted molar refractivity (Wildman–Crippen MR) is 69.6 cm³/mol. The molecule has 0 amide bonds. The summed E-state index contributed by atoms with van der Waals surface area (Å²) < 4.78 is 0. The molecule has 0 atom stereocenters. The molecule has 88 valence electrons. The molecule has 1 saturated carbocycles. The topological polar surface area (TPSA) is 20.2 Å². The van der Waals surface area contributed by atoms with Gasteiger partial charge in [0.1, 0.15) is 0 Å². The third-order valence-corrected chi connectivity index (χ3v) is 4.18. The Balaban J connectivity index is 0. The van der Waals surface area contributed by atoms with Gasteiger partial charge in [-0.05, 0) is 13.8 Å². The lowest BCUT2D eigenvalue weighted by Crippen LogP contribution is -2.16. The second kappa shape index (κ2) is 9.72. The van der Waals surface area contributed by atoms with E-state index < -0.39 is 8.07 Å². The van der Waals surface area contributed by atoms with Crippen LogP contribution in [0.3, 0.4) is 0 Å². The molecule has 1 aliphatic rings. The van der Waals surface area contributed by atoms with Crippen LogP contribution in [0.15, 0.2) is 0 Å². The van der Waals surface area contributed by atoms with Crippen molar-refractivity contribution in [1.82, 2.24) is 0 Å². The van der Waals surface area contributed by atoms with Crippen molar-refractivity contribution in [2.45, 2.75) is 78.2 Å². The van der Waals surface area contributed by atoms with Gasteiger partial charge in [0.25, 0.3) is 0 Å². The van der Waals surface area contributed by atoms with E-state index in [-0.39, 0.29) is 6.10 Å². The molecule has 0 radical (unpaired) electrons. The molecule has 0 aromatic heterocycles. The van der Waals surface area contributed by atoms with E-state index >= 15 is 0 Å². The maximum Gasteiger partial charge on any atom is 0.0483 e. The highest BCUT2D eigenvalue weighted by Crippen LogP contribution is 2.15. The number of rotatable bonds is 1. The van der Waals surface area contributed by atoms with Gasteiger partial charge < -0.3 is 5.11 Å². The van der Waals surface area contributed by atoms with Crippen molar-refractivity contribution in [3.63, 3.8) is 0 Å². The zero-order valence-electron chi connectivity index (χ0n) is 11.1. The van der Waals surface area contributed by atoms with Gasteiger partial charge in [0, 0.05) is 14.2 Å². The Labute approximate surface area is 91.9 Å². The van der Waals surface area contributed by atoms with E-state index in [1.54, 1.807) is 13.8 Å². The number of hydrogen-bond acceptors (Lipinski definition) is 1. The first kappa shape index (κ1) is 16.6. The highest BCUT2D eigenvalue weighted by atomic mass is 28.3. The van der Waals surface area contributed by atoms with Crippen molar-refractivity contribution in [1.29, 1.82) is 0 Å². The van der Waals surface area contributed by atoms with Crippen molar-refractivity contribution < 1.29 is 5.11 Å². The smallest absolute Gasteiger partial charge is 0.0483 e. The molecule has 0 bridgehead atoms. The second-order valence-electron chi connectivity index (χ2n) is 5.42. The third-order valence-electron chi connectivity index (χ3n) is 2.06. The molecule has 1 aliphatic carbocycles. The predicted octanol–water partition coefficient (Wildman–Crippen LogP) is 4.29. The van der Waals surface area contributed by atoms with Crippen molar-refractivity contribution in [2.75, 3.05) is 0 Å². The minimum Gasteiger partial charge on any atom is -0.394 e. The van der Waals surface area contributed by atoms with Crippen molar-refractivity contribution >= 4 is 8.07 Å². The normalized spacial score (nSPS) is 14.6. The molecular weight excluding hydrogens is 188 g/mol. The van der Waals surface area contributed by atoms with Crippen molar-refractivity contribution in [3.05, 3.63) is 0 Å². The molecular formula is C12H30OSi. The average molecular weight is 218 g/mol. The van der Waals surface area contributed by atoms with Crippen LogP contribution < -0.4 is 0 Å². The first-order chi connectivity index (χ1) is 6.29. The molecule has 1 rings (SSSR count). The molecule has 0 aromatic carbocycles. The van der Waals surface area contributed by atoms with E-state index in [2.05, 4.69) is 26.6 Å². The average Bonchev–Trinajstić information content (AvgIpc) is 1.80. The quantitative estimate of drug-likeness (QED) is 0.651. The molecule has 1 N–H and O–H groups in total. The Hall–Kier alpha value is 0.177. The molecule has 0 aliphatic heterocycles. The van der Waals surface area contributed by atoms with E-state index in [9.17, 15) is 0 Å². The zero-order chi connectivity index (χ0) is 11.6. The van der Waals surface area contributed by atoms with Crippen LogP contribution in [0.5, 0.6) is 0 Å². The molecule has 0 spiro atoms.